The van der Waals surface area contributed by atoms with Crippen molar-refractivity contribution < 1.29 is 9.84 Å². The van der Waals surface area contributed by atoms with Gasteiger partial charge in [0.25, 0.3) is 0 Å². The molecule has 112 valence electrons. The van der Waals surface area contributed by atoms with E-state index in [-0.39, 0.29) is 0 Å². The summed E-state index contributed by atoms with van der Waals surface area (Å²) in [6.45, 7) is 4.77. The minimum Gasteiger partial charge on any atom is -0.491 e. The van der Waals surface area contributed by atoms with Crippen molar-refractivity contribution in [2.24, 2.45) is 5.73 Å². The molecule has 1 heterocycles. The fourth-order valence-electron chi connectivity index (χ4n) is 2.75. The number of nitrogens with zero attached hydrogens (tertiary/aromatic N) is 1. The molecule has 0 spiro atoms. The van der Waals surface area contributed by atoms with E-state index in [4.69, 9.17) is 10.5 Å². The second-order valence-electron chi connectivity index (χ2n) is 5.62. The Kier molecular flexibility index (Phi) is 5.83. The number of rotatable bonds is 6. The van der Waals surface area contributed by atoms with Crippen LogP contribution in [-0.4, -0.2) is 41.8 Å². The van der Waals surface area contributed by atoms with Crippen molar-refractivity contribution in [3.8, 4) is 5.75 Å². The van der Waals surface area contributed by atoms with Crippen LogP contribution in [0.2, 0.25) is 0 Å². The Morgan fingerprint density at radius 2 is 2.20 bits per heavy atom. The minimum absolute atomic E-state index is 0.320. The van der Waals surface area contributed by atoms with Gasteiger partial charge in [-0.05, 0) is 32.4 Å². The zero-order chi connectivity index (χ0) is 14.4. The van der Waals surface area contributed by atoms with Gasteiger partial charge in [-0.25, -0.2) is 0 Å². The van der Waals surface area contributed by atoms with Gasteiger partial charge in [0.1, 0.15) is 18.5 Å². The quantitative estimate of drug-likeness (QED) is 0.832. The highest BCUT2D eigenvalue weighted by molar-refractivity contribution is 5.32. The van der Waals surface area contributed by atoms with Crippen LogP contribution in [0, 0.1) is 0 Å². The number of para-hydroxylation sites is 1. The van der Waals surface area contributed by atoms with Gasteiger partial charge >= 0.3 is 0 Å². The molecule has 0 radical (unpaired) electrons. The van der Waals surface area contributed by atoms with E-state index in [2.05, 4.69) is 11.8 Å². The van der Waals surface area contributed by atoms with Crippen LogP contribution in [0.1, 0.15) is 31.7 Å². The number of β-amino-alcohol motifs (C(OH)–C–C–N with tert-alkyl or cyclic N) is 1. The van der Waals surface area contributed by atoms with Crippen LogP contribution < -0.4 is 10.5 Å². The number of hydrogen-bond acceptors (Lipinski definition) is 4. The molecule has 1 saturated heterocycles. The second-order valence-corrected chi connectivity index (χ2v) is 5.62. The average molecular weight is 278 g/mol. The number of likely N-dealkylation sites (tertiary alicyclic amines) is 1. The predicted octanol–water partition coefficient (Wildman–Crippen LogP) is 1.76. The molecule has 0 aromatic heterocycles. The van der Waals surface area contributed by atoms with E-state index in [1.165, 1.54) is 19.3 Å². The Labute approximate surface area is 121 Å². The largest absolute Gasteiger partial charge is 0.491 e. The minimum atomic E-state index is -0.457. The van der Waals surface area contributed by atoms with E-state index in [0.29, 0.717) is 25.7 Å². The van der Waals surface area contributed by atoms with E-state index >= 15 is 0 Å². The number of aliphatic hydroxyl groups is 1. The molecule has 1 aromatic rings. The molecule has 20 heavy (non-hydrogen) atoms. The number of aliphatic hydroxyl groups excluding tert-OH is 1. The number of ether oxygens (including phenoxy) is 1. The number of piperidine rings is 1. The summed E-state index contributed by atoms with van der Waals surface area (Å²) in [6, 6.07) is 8.29. The number of benzene rings is 1. The molecule has 1 aliphatic rings. The Balaban J connectivity index is 1.81. The lowest BCUT2D eigenvalue weighted by molar-refractivity contribution is 0.0435. The van der Waals surface area contributed by atoms with Gasteiger partial charge in [0, 0.05) is 24.7 Å². The zero-order valence-electron chi connectivity index (χ0n) is 12.3. The van der Waals surface area contributed by atoms with Crippen LogP contribution in [0.3, 0.4) is 0 Å². The molecular weight excluding hydrogens is 252 g/mol. The molecule has 4 heteroatoms. The van der Waals surface area contributed by atoms with E-state index in [1.807, 2.05) is 24.3 Å². The molecule has 2 rings (SSSR count). The van der Waals surface area contributed by atoms with Crippen LogP contribution in [0.5, 0.6) is 5.75 Å². The molecule has 1 aliphatic heterocycles. The van der Waals surface area contributed by atoms with E-state index in [0.717, 1.165) is 17.9 Å². The van der Waals surface area contributed by atoms with Crippen LogP contribution in [0.15, 0.2) is 24.3 Å². The fraction of sp³-hybridized carbons (Fsp3) is 0.625. The first kappa shape index (κ1) is 15.3. The topological polar surface area (TPSA) is 58.7 Å². The third-order valence-electron chi connectivity index (χ3n) is 4.01. The first-order valence-electron chi connectivity index (χ1n) is 7.53. The molecule has 0 amide bonds. The van der Waals surface area contributed by atoms with Crippen molar-refractivity contribution in [2.45, 2.75) is 44.9 Å². The molecule has 4 nitrogen and oxygen atoms in total. The van der Waals surface area contributed by atoms with Crippen molar-refractivity contribution in [2.75, 3.05) is 19.7 Å². The summed E-state index contributed by atoms with van der Waals surface area (Å²) in [5.74, 6) is 0.778. The third kappa shape index (κ3) is 4.20. The lowest BCUT2D eigenvalue weighted by atomic mass is 10.0. The van der Waals surface area contributed by atoms with Crippen LogP contribution in [-0.2, 0) is 6.54 Å². The molecule has 3 N–H and O–H groups in total. The van der Waals surface area contributed by atoms with Crippen molar-refractivity contribution in [1.29, 1.82) is 0 Å². The van der Waals surface area contributed by atoms with Crippen molar-refractivity contribution >= 4 is 0 Å². The van der Waals surface area contributed by atoms with Gasteiger partial charge in [-0.3, -0.25) is 4.90 Å². The maximum Gasteiger partial charge on any atom is 0.123 e. The monoisotopic (exact) mass is 278 g/mol. The molecule has 0 bridgehead atoms. The summed E-state index contributed by atoms with van der Waals surface area (Å²) >= 11 is 0. The van der Waals surface area contributed by atoms with E-state index in [1.54, 1.807) is 0 Å². The highest BCUT2D eigenvalue weighted by atomic mass is 16.5. The smallest absolute Gasteiger partial charge is 0.123 e. The lowest BCUT2D eigenvalue weighted by Gasteiger charge is -2.34. The Morgan fingerprint density at radius 3 is 2.95 bits per heavy atom. The molecule has 2 atom stereocenters. The maximum absolute atomic E-state index is 10.1. The summed E-state index contributed by atoms with van der Waals surface area (Å²) in [7, 11) is 0. The fourth-order valence-corrected chi connectivity index (χ4v) is 2.75. The van der Waals surface area contributed by atoms with E-state index in [9.17, 15) is 5.11 Å². The Hall–Kier alpha value is -1.10. The summed E-state index contributed by atoms with van der Waals surface area (Å²) in [6.07, 6.45) is 3.30. The lowest BCUT2D eigenvalue weighted by Crippen LogP contribution is -2.43. The average Bonchev–Trinajstić information content (AvgIpc) is 2.48. The highest BCUT2D eigenvalue weighted by Gasteiger charge is 2.21. The van der Waals surface area contributed by atoms with Gasteiger partial charge in [-0.1, -0.05) is 24.6 Å². The summed E-state index contributed by atoms with van der Waals surface area (Å²) in [5.41, 5.74) is 6.65. The van der Waals surface area contributed by atoms with Gasteiger partial charge in [-0.2, -0.15) is 0 Å². The molecule has 2 unspecified atom stereocenters. The van der Waals surface area contributed by atoms with E-state index < -0.39 is 6.10 Å². The number of nitrogens with two attached hydrogens (primary N) is 1. The molecule has 0 aliphatic carbocycles. The van der Waals surface area contributed by atoms with Gasteiger partial charge in [0.15, 0.2) is 0 Å². The van der Waals surface area contributed by atoms with Crippen molar-refractivity contribution in [3.63, 3.8) is 0 Å². The molecule has 1 aromatic carbocycles. The first-order chi connectivity index (χ1) is 9.70. The molecule has 0 saturated carbocycles. The van der Waals surface area contributed by atoms with Crippen molar-refractivity contribution in [3.05, 3.63) is 29.8 Å². The molecular formula is C16H26N2O2. The van der Waals surface area contributed by atoms with Crippen LogP contribution in [0.4, 0.5) is 0 Å². The van der Waals surface area contributed by atoms with Crippen molar-refractivity contribution in [1.82, 2.24) is 4.90 Å². The van der Waals surface area contributed by atoms with Crippen LogP contribution in [0.25, 0.3) is 0 Å². The Bertz CT molecular complexity index is 411. The standard InChI is InChI=1S/C16H26N2O2/c1-13-6-4-5-9-18(13)11-15(19)12-20-16-8-3-2-7-14(16)10-17/h2-3,7-8,13,15,19H,4-6,9-12,17H2,1H3. The second kappa shape index (κ2) is 7.62. The molecule has 1 fully saturated rings. The highest BCUT2D eigenvalue weighted by Crippen LogP contribution is 2.19. The predicted molar refractivity (Wildman–Crippen MR) is 80.7 cm³/mol. The SMILES string of the molecule is CC1CCCCN1CC(O)COc1ccccc1CN. The van der Waals surface area contributed by atoms with Gasteiger partial charge in [0.05, 0.1) is 0 Å². The van der Waals surface area contributed by atoms with Gasteiger partial charge < -0.3 is 15.6 Å². The summed E-state index contributed by atoms with van der Waals surface area (Å²) < 4.78 is 5.71. The first-order valence-corrected chi connectivity index (χ1v) is 7.53. The van der Waals surface area contributed by atoms with Gasteiger partial charge in [-0.15, -0.1) is 0 Å². The maximum atomic E-state index is 10.1. The third-order valence-corrected chi connectivity index (χ3v) is 4.01. The summed E-state index contributed by atoms with van der Waals surface area (Å²) in [5, 5.41) is 10.1. The Morgan fingerprint density at radius 1 is 1.40 bits per heavy atom. The zero-order valence-corrected chi connectivity index (χ0v) is 12.3. The van der Waals surface area contributed by atoms with Gasteiger partial charge in [0.2, 0.25) is 0 Å². The summed E-state index contributed by atoms with van der Waals surface area (Å²) in [4.78, 5) is 2.35. The number of hydrogen-bond donors (Lipinski definition) is 2. The van der Waals surface area contributed by atoms with Crippen LogP contribution >= 0.6 is 0 Å². The normalized spacial score (nSPS) is 21.6.